The number of nitrogens with one attached hydrogen (secondary N) is 1. The first kappa shape index (κ1) is 9.82. The lowest BCUT2D eigenvalue weighted by atomic mass is 10.0. The molecule has 0 unspecified atom stereocenters. The molecule has 0 aromatic carbocycles. The molecule has 0 spiro atoms. The number of hydrogen-bond acceptors (Lipinski definition) is 1. The van der Waals surface area contributed by atoms with Crippen molar-refractivity contribution in [2.75, 3.05) is 6.54 Å². The van der Waals surface area contributed by atoms with Gasteiger partial charge in [0.1, 0.15) is 0 Å². The van der Waals surface area contributed by atoms with Crippen LogP contribution in [-0.2, 0) is 0 Å². The van der Waals surface area contributed by atoms with Gasteiger partial charge in [-0.25, -0.2) is 8.78 Å². The molecule has 0 aliphatic rings. The fraction of sp³-hybridized carbons (Fsp3) is 1.00. The molecule has 1 N–H and O–H groups in total. The molecule has 0 bridgehead atoms. The zero-order valence-electron chi connectivity index (χ0n) is 6.75. The van der Waals surface area contributed by atoms with Crippen LogP contribution in [0.4, 0.5) is 8.78 Å². The van der Waals surface area contributed by atoms with E-state index in [1.165, 1.54) is 0 Å². The van der Waals surface area contributed by atoms with Crippen LogP contribution in [0.1, 0.15) is 27.2 Å². The fourth-order valence-corrected chi connectivity index (χ4v) is 0.478. The largest absolute Gasteiger partial charge is 0.306 e. The van der Waals surface area contributed by atoms with Gasteiger partial charge in [-0.1, -0.05) is 6.92 Å². The minimum absolute atomic E-state index is 0.156. The maximum Gasteiger partial charge on any atom is 0.250 e. The van der Waals surface area contributed by atoms with Crippen molar-refractivity contribution in [1.29, 1.82) is 0 Å². The van der Waals surface area contributed by atoms with Crippen LogP contribution < -0.4 is 5.32 Å². The standard InChI is InChI=1S/C7H15F2N/c1-4-7(2,3)10-5-6(8)9/h6,10H,4-5H2,1-3H3. The highest BCUT2D eigenvalue weighted by molar-refractivity contribution is 4.74. The second-order valence-electron chi connectivity index (χ2n) is 3.01. The van der Waals surface area contributed by atoms with E-state index < -0.39 is 6.43 Å². The molecule has 0 atom stereocenters. The third-order valence-corrected chi connectivity index (χ3v) is 1.62. The highest BCUT2D eigenvalue weighted by atomic mass is 19.3. The Morgan fingerprint density at radius 1 is 1.40 bits per heavy atom. The Bertz CT molecular complexity index is 91.6. The van der Waals surface area contributed by atoms with Crippen LogP contribution in [0.3, 0.4) is 0 Å². The number of rotatable bonds is 4. The van der Waals surface area contributed by atoms with E-state index in [0.717, 1.165) is 6.42 Å². The molecule has 0 amide bonds. The predicted octanol–water partition coefficient (Wildman–Crippen LogP) is 2.03. The van der Waals surface area contributed by atoms with E-state index in [1.54, 1.807) is 0 Å². The van der Waals surface area contributed by atoms with Gasteiger partial charge in [0.25, 0.3) is 6.43 Å². The third kappa shape index (κ3) is 4.68. The monoisotopic (exact) mass is 151 g/mol. The van der Waals surface area contributed by atoms with Crippen molar-refractivity contribution in [3.8, 4) is 0 Å². The molecule has 0 radical (unpaired) electrons. The summed E-state index contributed by atoms with van der Waals surface area (Å²) in [5, 5.41) is 2.76. The first-order chi connectivity index (χ1) is 4.48. The van der Waals surface area contributed by atoms with Gasteiger partial charge in [-0.05, 0) is 20.3 Å². The van der Waals surface area contributed by atoms with E-state index in [9.17, 15) is 8.78 Å². The van der Waals surface area contributed by atoms with Crippen LogP contribution in [-0.4, -0.2) is 18.5 Å². The molecule has 0 aliphatic carbocycles. The van der Waals surface area contributed by atoms with Gasteiger partial charge in [0.05, 0.1) is 6.54 Å². The minimum atomic E-state index is -2.24. The summed E-state index contributed by atoms with van der Waals surface area (Å²) in [6.07, 6.45) is -1.38. The highest BCUT2D eigenvalue weighted by Gasteiger charge is 2.15. The van der Waals surface area contributed by atoms with Crippen LogP contribution in [0.5, 0.6) is 0 Å². The van der Waals surface area contributed by atoms with Gasteiger partial charge in [-0.2, -0.15) is 0 Å². The van der Waals surface area contributed by atoms with E-state index in [1.807, 2.05) is 20.8 Å². The van der Waals surface area contributed by atoms with Crippen molar-refractivity contribution >= 4 is 0 Å². The average Bonchev–Trinajstić information content (AvgIpc) is 1.85. The highest BCUT2D eigenvalue weighted by Crippen LogP contribution is 2.06. The van der Waals surface area contributed by atoms with Crippen molar-refractivity contribution in [2.45, 2.75) is 39.2 Å². The molecular weight excluding hydrogens is 136 g/mol. The van der Waals surface area contributed by atoms with E-state index in [2.05, 4.69) is 5.32 Å². The molecule has 0 rings (SSSR count). The molecular formula is C7H15F2N. The second-order valence-corrected chi connectivity index (χ2v) is 3.01. The van der Waals surface area contributed by atoms with Crippen molar-refractivity contribution in [1.82, 2.24) is 5.32 Å². The second kappa shape index (κ2) is 3.86. The van der Waals surface area contributed by atoms with Crippen LogP contribution in [0.15, 0.2) is 0 Å². The topological polar surface area (TPSA) is 12.0 Å². The van der Waals surface area contributed by atoms with Crippen molar-refractivity contribution < 1.29 is 8.78 Å². The van der Waals surface area contributed by atoms with Gasteiger partial charge in [-0.3, -0.25) is 0 Å². The summed E-state index contributed by atoms with van der Waals surface area (Å²) in [6, 6.07) is 0. The average molecular weight is 151 g/mol. The van der Waals surface area contributed by atoms with E-state index in [0.29, 0.717) is 0 Å². The van der Waals surface area contributed by atoms with Crippen LogP contribution in [0, 0.1) is 0 Å². The maximum absolute atomic E-state index is 11.6. The Morgan fingerprint density at radius 3 is 2.20 bits per heavy atom. The molecule has 62 valence electrons. The molecule has 0 saturated carbocycles. The molecule has 0 aromatic rings. The lowest BCUT2D eigenvalue weighted by Crippen LogP contribution is -2.41. The molecule has 1 nitrogen and oxygen atoms in total. The normalized spacial score (nSPS) is 12.6. The quantitative estimate of drug-likeness (QED) is 0.648. The van der Waals surface area contributed by atoms with Gasteiger partial charge in [-0.15, -0.1) is 0 Å². The van der Waals surface area contributed by atoms with Gasteiger partial charge in [0, 0.05) is 5.54 Å². The summed E-state index contributed by atoms with van der Waals surface area (Å²) >= 11 is 0. The van der Waals surface area contributed by atoms with Crippen LogP contribution in [0.25, 0.3) is 0 Å². The van der Waals surface area contributed by atoms with E-state index in [4.69, 9.17) is 0 Å². The van der Waals surface area contributed by atoms with Crippen molar-refractivity contribution in [2.24, 2.45) is 0 Å². The molecule has 3 heteroatoms. The summed E-state index contributed by atoms with van der Waals surface area (Å²) in [5.74, 6) is 0. The minimum Gasteiger partial charge on any atom is -0.306 e. The smallest absolute Gasteiger partial charge is 0.250 e. The lowest BCUT2D eigenvalue weighted by Gasteiger charge is -2.24. The Kier molecular flexibility index (Phi) is 3.79. The first-order valence-electron chi connectivity index (χ1n) is 3.51. The summed E-state index contributed by atoms with van der Waals surface area (Å²) in [6.45, 7) is 5.59. The lowest BCUT2D eigenvalue weighted by molar-refractivity contribution is 0.132. The summed E-state index contributed by atoms with van der Waals surface area (Å²) in [7, 11) is 0. The first-order valence-corrected chi connectivity index (χ1v) is 3.51. The summed E-state index contributed by atoms with van der Waals surface area (Å²) in [5.41, 5.74) is -0.156. The molecule has 0 heterocycles. The van der Waals surface area contributed by atoms with Crippen LogP contribution in [0.2, 0.25) is 0 Å². The molecule has 0 aromatic heterocycles. The van der Waals surface area contributed by atoms with Gasteiger partial charge in [0.15, 0.2) is 0 Å². The van der Waals surface area contributed by atoms with Crippen molar-refractivity contribution in [3.63, 3.8) is 0 Å². The van der Waals surface area contributed by atoms with Gasteiger partial charge in [0.2, 0.25) is 0 Å². The molecule has 0 saturated heterocycles. The third-order valence-electron chi connectivity index (χ3n) is 1.62. The summed E-state index contributed by atoms with van der Waals surface area (Å²) in [4.78, 5) is 0. The Labute approximate surface area is 60.8 Å². The van der Waals surface area contributed by atoms with E-state index >= 15 is 0 Å². The zero-order valence-corrected chi connectivity index (χ0v) is 6.75. The van der Waals surface area contributed by atoms with Crippen LogP contribution >= 0.6 is 0 Å². The number of alkyl halides is 2. The maximum atomic E-state index is 11.6. The van der Waals surface area contributed by atoms with Gasteiger partial charge >= 0.3 is 0 Å². The number of hydrogen-bond donors (Lipinski definition) is 1. The molecule has 10 heavy (non-hydrogen) atoms. The predicted molar refractivity (Wildman–Crippen MR) is 38.4 cm³/mol. The van der Waals surface area contributed by atoms with E-state index in [-0.39, 0.29) is 12.1 Å². The SMILES string of the molecule is CCC(C)(C)NCC(F)F. The zero-order chi connectivity index (χ0) is 8.20. The summed E-state index contributed by atoms with van der Waals surface area (Å²) < 4.78 is 23.3. The Morgan fingerprint density at radius 2 is 1.90 bits per heavy atom. The fourth-order valence-electron chi connectivity index (χ4n) is 0.478. The van der Waals surface area contributed by atoms with Gasteiger partial charge < -0.3 is 5.32 Å². The Hall–Kier alpha value is -0.180. The number of halogens is 2. The molecule has 0 aliphatic heterocycles. The molecule has 0 fully saturated rings. The van der Waals surface area contributed by atoms with Crippen molar-refractivity contribution in [3.05, 3.63) is 0 Å². The Balaban J connectivity index is 3.46.